The lowest BCUT2D eigenvalue weighted by molar-refractivity contribution is 0.0966. The molecule has 1 aromatic rings. The van der Waals surface area contributed by atoms with Crippen molar-refractivity contribution in [3.63, 3.8) is 0 Å². The van der Waals surface area contributed by atoms with Crippen LogP contribution in [0.3, 0.4) is 0 Å². The maximum absolute atomic E-state index is 10.9. The van der Waals surface area contributed by atoms with E-state index in [4.69, 9.17) is 16.0 Å². The second-order valence-electron chi connectivity index (χ2n) is 3.70. The van der Waals surface area contributed by atoms with Crippen LogP contribution in [0.2, 0.25) is 0 Å². The van der Waals surface area contributed by atoms with E-state index in [1.807, 2.05) is 0 Å². The number of nitrogens with one attached hydrogen (secondary N) is 1. The van der Waals surface area contributed by atoms with Gasteiger partial charge in [0.1, 0.15) is 11.4 Å². The molecule has 6 nitrogen and oxygen atoms in total. The predicted octanol–water partition coefficient (Wildman–Crippen LogP) is -0.177. The number of rotatable bonds is 2. The number of nitrogens with two attached hydrogens (primary N) is 2. The highest BCUT2D eigenvalue weighted by molar-refractivity contribution is 5.95. The Morgan fingerprint density at radius 1 is 1.47 bits per heavy atom. The molecule has 2 rings (SSSR count). The molecular weight excluding hydrogens is 196 g/mol. The lowest BCUT2D eigenvalue weighted by Crippen LogP contribution is -2.27. The van der Waals surface area contributed by atoms with Gasteiger partial charge in [0.05, 0.1) is 0 Å². The largest absolute Gasteiger partial charge is 0.394 e. The Balaban J connectivity index is 2.24. The predicted molar refractivity (Wildman–Crippen MR) is 54.3 cm³/mol. The lowest BCUT2D eigenvalue weighted by Gasteiger charge is -2.20. The molecule has 6 heteroatoms. The van der Waals surface area contributed by atoms with Crippen LogP contribution in [0.1, 0.15) is 35.0 Å². The van der Waals surface area contributed by atoms with Crippen molar-refractivity contribution in [3.05, 3.63) is 11.5 Å². The van der Waals surface area contributed by atoms with Crippen molar-refractivity contribution < 1.29 is 9.32 Å². The van der Waals surface area contributed by atoms with Crippen LogP contribution in [0.15, 0.2) is 4.52 Å². The van der Waals surface area contributed by atoms with Crippen molar-refractivity contribution in [1.29, 1.82) is 0 Å². The summed E-state index contributed by atoms with van der Waals surface area (Å²) in [6.07, 6.45) is 1.91. The number of nitrogen functional groups attached to an aromatic ring is 1. The fraction of sp³-hybridized carbons (Fsp3) is 0.556. The molecule has 15 heavy (non-hydrogen) atoms. The maximum atomic E-state index is 10.9. The van der Waals surface area contributed by atoms with E-state index in [1.165, 1.54) is 0 Å². The van der Waals surface area contributed by atoms with E-state index < -0.39 is 5.91 Å². The molecule has 82 valence electrons. The molecule has 0 atom stereocenters. The summed E-state index contributed by atoms with van der Waals surface area (Å²) in [6.45, 7) is 1.87. The number of carbonyl (C=O) groups excluding carboxylic acids is 1. The topological polar surface area (TPSA) is 107 Å². The molecule has 0 spiro atoms. The number of hydrogen-bond donors (Lipinski definition) is 3. The average Bonchev–Trinajstić information content (AvgIpc) is 2.61. The first-order valence-electron chi connectivity index (χ1n) is 4.95. The molecule has 1 amide bonds. The first-order chi connectivity index (χ1) is 7.20. The van der Waals surface area contributed by atoms with Gasteiger partial charge in [-0.2, -0.15) is 0 Å². The van der Waals surface area contributed by atoms with E-state index >= 15 is 0 Å². The van der Waals surface area contributed by atoms with Crippen LogP contribution in [0, 0.1) is 0 Å². The van der Waals surface area contributed by atoms with Crippen LogP contribution in [0.4, 0.5) is 5.69 Å². The molecule has 2 heterocycles. The summed E-state index contributed by atoms with van der Waals surface area (Å²) in [5, 5.41) is 7.07. The van der Waals surface area contributed by atoms with Gasteiger partial charge in [-0.05, 0) is 25.9 Å². The molecule has 0 saturated carbocycles. The molecule has 1 saturated heterocycles. The van der Waals surface area contributed by atoms with Gasteiger partial charge in [0.25, 0.3) is 5.91 Å². The van der Waals surface area contributed by atoms with Crippen molar-refractivity contribution in [1.82, 2.24) is 10.5 Å². The van der Waals surface area contributed by atoms with Gasteiger partial charge < -0.3 is 21.3 Å². The molecule has 5 N–H and O–H groups in total. The minimum absolute atomic E-state index is 0.0245. The minimum Gasteiger partial charge on any atom is -0.394 e. The molecular formula is C9H14N4O2. The Morgan fingerprint density at radius 2 is 2.13 bits per heavy atom. The van der Waals surface area contributed by atoms with Crippen LogP contribution in [0.25, 0.3) is 0 Å². The van der Waals surface area contributed by atoms with Crippen LogP contribution in [-0.2, 0) is 0 Å². The van der Waals surface area contributed by atoms with Gasteiger partial charge in [-0.3, -0.25) is 4.79 Å². The summed E-state index contributed by atoms with van der Waals surface area (Å²) < 4.78 is 4.84. The van der Waals surface area contributed by atoms with Crippen LogP contribution in [0.5, 0.6) is 0 Å². The van der Waals surface area contributed by atoms with Gasteiger partial charge in [-0.15, -0.1) is 0 Å². The molecule has 0 unspecified atom stereocenters. The molecule has 0 aromatic carbocycles. The smallest absolute Gasteiger partial charge is 0.289 e. The first kappa shape index (κ1) is 9.97. The monoisotopic (exact) mass is 210 g/mol. The molecule has 1 aliphatic heterocycles. The second-order valence-corrected chi connectivity index (χ2v) is 3.70. The Morgan fingerprint density at radius 3 is 2.67 bits per heavy atom. The molecule has 1 aromatic heterocycles. The third kappa shape index (κ3) is 1.80. The zero-order valence-electron chi connectivity index (χ0n) is 8.32. The van der Waals surface area contributed by atoms with Crippen molar-refractivity contribution in [2.45, 2.75) is 18.8 Å². The van der Waals surface area contributed by atoms with E-state index in [0.29, 0.717) is 11.4 Å². The van der Waals surface area contributed by atoms with Gasteiger partial charge in [0.2, 0.25) is 5.76 Å². The zero-order valence-corrected chi connectivity index (χ0v) is 8.32. The van der Waals surface area contributed by atoms with Gasteiger partial charge >= 0.3 is 0 Å². The van der Waals surface area contributed by atoms with Crippen molar-refractivity contribution in [2.75, 3.05) is 18.8 Å². The third-order valence-electron chi connectivity index (χ3n) is 2.71. The molecule has 1 aliphatic rings. The SMILES string of the molecule is NC(=O)c1onc(C2CCNCC2)c1N. The van der Waals surface area contributed by atoms with E-state index in [-0.39, 0.29) is 11.7 Å². The number of aromatic nitrogens is 1. The normalized spacial score (nSPS) is 17.9. The Kier molecular flexibility index (Phi) is 2.59. The number of anilines is 1. The van der Waals surface area contributed by atoms with Gasteiger partial charge in [0.15, 0.2) is 0 Å². The summed E-state index contributed by atoms with van der Waals surface area (Å²) in [4.78, 5) is 10.9. The number of amides is 1. The number of carbonyl (C=O) groups is 1. The number of hydrogen-bond acceptors (Lipinski definition) is 5. The fourth-order valence-corrected chi connectivity index (χ4v) is 1.88. The Hall–Kier alpha value is -1.56. The van der Waals surface area contributed by atoms with Crippen LogP contribution >= 0.6 is 0 Å². The maximum Gasteiger partial charge on any atom is 0.289 e. The Bertz CT molecular complexity index is 368. The number of piperidine rings is 1. The molecule has 0 radical (unpaired) electrons. The van der Waals surface area contributed by atoms with Gasteiger partial charge in [-0.25, -0.2) is 0 Å². The highest BCUT2D eigenvalue weighted by Gasteiger charge is 2.25. The van der Waals surface area contributed by atoms with E-state index in [1.54, 1.807) is 0 Å². The second kappa shape index (κ2) is 3.90. The fourth-order valence-electron chi connectivity index (χ4n) is 1.88. The summed E-state index contributed by atoms with van der Waals surface area (Å²) in [5.41, 5.74) is 11.8. The highest BCUT2D eigenvalue weighted by atomic mass is 16.5. The average molecular weight is 210 g/mol. The van der Waals surface area contributed by atoms with Gasteiger partial charge in [-0.1, -0.05) is 5.16 Å². The highest BCUT2D eigenvalue weighted by Crippen LogP contribution is 2.30. The summed E-state index contributed by atoms with van der Waals surface area (Å²) in [5.74, 6) is -0.424. The van der Waals surface area contributed by atoms with Crippen molar-refractivity contribution in [2.24, 2.45) is 5.73 Å². The zero-order chi connectivity index (χ0) is 10.8. The van der Waals surface area contributed by atoms with E-state index in [9.17, 15) is 4.79 Å². The number of primary amides is 1. The lowest BCUT2D eigenvalue weighted by atomic mass is 9.93. The first-order valence-corrected chi connectivity index (χ1v) is 4.95. The summed E-state index contributed by atoms with van der Waals surface area (Å²) in [7, 11) is 0. The number of nitrogens with zero attached hydrogens (tertiary/aromatic N) is 1. The van der Waals surface area contributed by atoms with Crippen molar-refractivity contribution in [3.8, 4) is 0 Å². The standard InChI is InChI=1S/C9H14N4O2/c10-6-7(5-1-3-12-4-2-5)13-15-8(6)9(11)14/h5,12H,1-4,10H2,(H2,11,14). The summed E-state index contributed by atoms with van der Waals surface area (Å²) in [6, 6.07) is 0. The van der Waals surface area contributed by atoms with Crippen LogP contribution in [-0.4, -0.2) is 24.2 Å². The van der Waals surface area contributed by atoms with E-state index in [2.05, 4.69) is 10.5 Å². The molecule has 0 bridgehead atoms. The quantitative estimate of drug-likeness (QED) is 0.627. The molecule has 1 fully saturated rings. The minimum atomic E-state index is -0.666. The third-order valence-corrected chi connectivity index (χ3v) is 2.71. The van der Waals surface area contributed by atoms with Crippen LogP contribution < -0.4 is 16.8 Å². The van der Waals surface area contributed by atoms with Crippen molar-refractivity contribution >= 4 is 11.6 Å². The Labute approximate surface area is 87.0 Å². The van der Waals surface area contributed by atoms with Gasteiger partial charge in [0, 0.05) is 5.92 Å². The molecule has 0 aliphatic carbocycles. The summed E-state index contributed by atoms with van der Waals surface area (Å²) >= 11 is 0. The van der Waals surface area contributed by atoms with E-state index in [0.717, 1.165) is 25.9 Å².